The summed E-state index contributed by atoms with van der Waals surface area (Å²) in [7, 11) is 0. The zero-order valence-corrected chi connectivity index (χ0v) is 14.0. The molecule has 3 aromatic carbocycles. The van der Waals surface area contributed by atoms with E-state index in [1.54, 1.807) is 24.3 Å². The molecule has 0 spiro atoms. The van der Waals surface area contributed by atoms with Crippen molar-refractivity contribution in [1.82, 2.24) is 0 Å². The van der Waals surface area contributed by atoms with E-state index in [1.165, 1.54) is 0 Å². The van der Waals surface area contributed by atoms with E-state index in [4.69, 9.17) is 23.2 Å². The van der Waals surface area contributed by atoms with Crippen LogP contribution in [0.25, 0.3) is 22.3 Å². The van der Waals surface area contributed by atoms with Gasteiger partial charge in [-0.3, -0.25) is 9.59 Å². The molecule has 0 saturated carbocycles. The first-order valence-corrected chi connectivity index (χ1v) is 8.01. The molecule has 0 aliphatic rings. The van der Waals surface area contributed by atoms with Gasteiger partial charge in [-0.2, -0.15) is 0 Å². The molecule has 0 aliphatic heterocycles. The highest BCUT2D eigenvalue weighted by Crippen LogP contribution is 2.25. The van der Waals surface area contributed by atoms with Crippen LogP contribution in [0, 0.1) is 0 Å². The van der Waals surface area contributed by atoms with E-state index >= 15 is 0 Å². The van der Waals surface area contributed by atoms with E-state index < -0.39 is 10.5 Å². The average Bonchev–Trinajstić information content (AvgIpc) is 2.62. The molecule has 0 aromatic heterocycles. The molecule has 3 rings (SSSR count). The molecule has 118 valence electrons. The third-order valence-electron chi connectivity index (χ3n) is 3.78. The van der Waals surface area contributed by atoms with Crippen molar-refractivity contribution >= 4 is 33.7 Å². The van der Waals surface area contributed by atoms with Crippen molar-refractivity contribution in [3.05, 3.63) is 83.9 Å². The van der Waals surface area contributed by atoms with E-state index in [0.717, 1.165) is 22.3 Å². The summed E-state index contributed by atoms with van der Waals surface area (Å²) in [5.41, 5.74) is 5.05. The Morgan fingerprint density at radius 2 is 0.667 bits per heavy atom. The number of halogens is 2. The zero-order chi connectivity index (χ0) is 17.1. The van der Waals surface area contributed by atoms with Crippen LogP contribution in [0.1, 0.15) is 20.7 Å². The Bertz CT molecular complexity index is 804. The van der Waals surface area contributed by atoms with Crippen LogP contribution in [-0.2, 0) is 0 Å². The monoisotopic (exact) mass is 354 g/mol. The van der Waals surface area contributed by atoms with Gasteiger partial charge in [-0.25, -0.2) is 0 Å². The molecule has 0 heterocycles. The lowest BCUT2D eigenvalue weighted by Crippen LogP contribution is -1.88. The highest BCUT2D eigenvalue weighted by molar-refractivity contribution is 6.68. The van der Waals surface area contributed by atoms with Crippen LogP contribution in [-0.4, -0.2) is 10.5 Å². The molecule has 3 aromatic rings. The third-order valence-corrected chi connectivity index (χ3v) is 4.21. The molecular weight excluding hydrogens is 343 g/mol. The largest absolute Gasteiger partial charge is 0.276 e. The van der Waals surface area contributed by atoms with Crippen molar-refractivity contribution < 1.29 is 9.59 Å². The Morgan fingerprint density at radius 3 is 0.875 bits per heavy atom. The van der Waals surface area contributed by atoms with Crippen molar-refractivity contribution in [3.63, 3.8) is 0 Å². The lowest BCUT2D eigenvalue weighted by Gasteiger charge is -2.06. The molecule has 0 amide bonds. The Kier molecular flexibility index (Phi) is 4.79. The van der Waals surface area contributed by atoms with Crippen LogP contribution in [0.15, 0.2) is 72.8 Å². The first-order valence-electron chi connectivity index (χ1n) is 7.25. The standard InChI is InChI=1S/C20H12Cl2O2/c21-19(23)17-9-5-15(6-10-17)13-1-2-14(4-3-13)16-7-11-18(12-8-16)20(22)24/h1-12H. The van der Waals surface area contributed by atoms with Crippen LogP contribution < -0.4 is 0 Å². The van der Waals surface area contributed by atoms with E-state index in [1.807, 2.05) is 48.5 Å². The fraction of sp³-hybridized carbons (Fsp3) is 0. The van der Waals surface area contributed by atoms with Gasteiger partial charge in [0.05, 0.1) is 0 Å². The maximum Gasteiger partial charge on any atom is 0.252 e. The van der Waals surface area contributed by atoms with Gasteiger partial charge >= 0.3 is 0 Å². The molecule has 0 unspecified atom stereocenters. The molecule has 0 atom stereocenters. The minimum Gasteiger partial charge on any atom is -0.276 e. The summed E-state index contributed by atoms with van der Waals surface area (Å²) in [5, 5.41) is -0.924. The van der Waals surface area contributed by atoms with E-state index in [-0.39, 0.29) is 0 Å². The Morgan fingerprint density at radius 1 is 0.458 bits per heavy atom. The fourth-order valence-electron chi connectivity index (χ4n) is 2.44. The SMILES string of the molecule is O=C(Cl)c1ccc(-c2ccc(-c3ccc(C(=O)Cl)cc3)cc2)cc1. The molecule has 0 saturated heterocycles. The number of benzene rings is 3. The van der Waals surface area contributed by atoms with Crippen molar-refractivity contribution in [3.8, 4) is 22.3 Å². The Balaban J connectivity index is 1.84. The Hall–Kier alpha value is -2.42. The average molecular weight is 355 g/mol. The predicted molar refractivity (Wildman–Crippen MR) is 97.7 cm³/mol. The fourth-order valence-corrected chi connectivity index (χ4v) is 2.69. The minimum atomic E-state index is -0.462. The van der Waals surface area contributed by atoms with Crippen molar-refractivity contribution in [2.75, 3.05) is 0 Å². The second kappa shape index (κ2) is 7.00. The van der Waals surface area contributed by atoms with Crippen LogP contribution in [0.3, 0.4) is 0 Å². The summed E-state index contributed by atoms with van der Waals surface area (Å²) in [6.07, 6.45) is 0. The second-order valence-corrected chi connectivity index (χ2v) is 5.97. The maximum atomic E-state index is 11.1. The van der Waals surface area contributed by atoms with Gasteiger partial charge in [-0.05, 0) is 69.7 Å². The molecule has 4 heteroatoms. The van der Waals surface area contributed by atoms with Crippen molar-refractivity contribution in [1.29, 1.82) is 0 Å². The van der Waals surface area contributed by atoms with Crippen molar-refractivity contribution in [2.24, 2.45) is 0 Å². The number of carbonyl (C=O) groups is 2. The molecule has 24 heavy (non-hydrogen) atoms. The first-order chi connectivity index (χ1) is 11.5. The van der Waals surface area contributed by atoms with Crippen LogP contribution >= 0.6 is 23.2 Å². The molecule has 2 nitrogen and oxygen atoms in total. The smallest absolute Gasteiger partial charge is 0.252 e. The molecule has 0 aliphatic carbocycles. The maximum absolute atomic E-state index is 11.1. The van der Waals surface area contributed by atoms with Gasteiger partial charge in [0, 0.05) is 11.1 Å². The molecule has 0 radical (unpaired) electrons. The lowest BCUT2D eigenvalue weighted by molar-refractivity contribution is 0.107. The van der Waals surface area contributed by atoms with Crippen LogP contribution in [0.5, 0.6) is 0 Å². The van der Waals surface area contributed by atoms with Gasteiger partial charge in [-0.15, -0.1) is 0 Å². The van der Waals surface area contributed by atoms with Gasteiger partial charge < -0.3 is 0 Å². The van der Waals surface area contributed by atoms with E-state index in [0.29, 0.717) is 11.1 Å². The summed E-state index contributed by atoms with van der Waals surface area (Å²) >= 11 is 10.9. The van der Waals surface area contributed by atoms with Crippen LogP contribution in [0.4, 0.5) is 0 Å². The normalized spacial score (nSPS) is 10.4. The molecule has 0 N–H and O–H groups in total. The van der Waals surface area contributed by atoms with Gasteiger partial charge in [-0.1, -0.05) is 48.5 Å². The minimum absolute atomic E-state index is 0.462. The summed E-state index contributed by atoms with van der Waals surface area (Å²) < 4.78 is 0. The van der Waals surface area contributed by atoms with E-state index in [9.17, 15) is 9.59 Å². The van der Waals surface area contributed by atoms with Gasteiger partial charge in [0.1, 0.15) is 0 Å². The number of hydrogen-bond donors (Lipinski definition) is 0. The number of carbonyl (C=O) groups excluding carboxylic acids is 2. The van der Waals surface area contributed by atoms with Gasteiger partial charge in [0.2, 0.25) is 0 Å². The van der Waals surface area contributed by atoms with Gasteiger partial charge in [0.15, 0.2) is 0 Å². The van der Waals surface area contributed by atoms with Gasteiger partial charge in [0.25, 0.3) is 10.5 Å². The predicted octanol–water partition coefficient (Wildman–Crippen LogP) is 5.78. The highest BCUT2D eigenvalue weighted by atomic mass is 35.5. The summed E-state index contributed by atoms with van der Waals surface area (Å²) in [6, 6.07) is 22.3. The molecule has 0 bridgehead atoms. The summed E-state index contributed by atoms with van der Waals surface area (Å²) in [5.74, 6) is 0. The lowest BCUT2D eigenvalue weighted by atomic mass is 9.99. The van der Waals surface area contributed by atoms with E-state index in [2.05, 4.69) is 0 Å². The number of rotatable bonds is 4. The zero-order valence-electron chi connectivity index (χ0n) is 12.5. The topological polar surface area (TPSA) is 34.1 Å². The third kappa shape index (κ3) is 3.56. The summed E-state index contributed by atoms with van der Waals surface area (Å²) in [4.78, 5) is 22.2. The molecule has 0 fully saturated rings. The number of hydrogen-bond acceptors (Lipinski definition) is 2. The summed E-state index contributed by atoms with van der Waals surface area (Å²) in [6.45, 7) is 0. The highest BCUT2D eigenvalue weighted by Gasteiger charge is 2.05. The first kappa shape index (κ1) is 16.4. The Labute approximate surface area is 149 Å². The molecular formula is C20H12Cl2O2. The van der Waals surface area contributed by atoms with Crippen LogP contribution in [0.2, 0.25) is 0 Å². The second-order valence-electron chi connectivity index (χ2n) is 5.28. The quantitative estimate of drug-likeness (QED) is 0.556. The van der Waals surface area contributed by atoms with Crippen molar-refractivity contribution in [2.45, 2.75) is 0 Å².